The summed E-state index contributed by atoms with van der Waals surface area (Å²) in [6, 6.07) is 21.5. The van der Waals surface area contributed by atoms with Crippen molar-refractivity contribution in [2.24, 2.45) is 0 Å². The first-order valence-electron chi connectivity index (χ1n) is 19.1. The zero-order valence-corrected chi connectivity index (χ0v) is 36.7. The number of para-hydroxylation sites is 2. The van der Waals surface area contributed by atoms with Crippen LogP contribution in [0.2, 0.25) is 0 Å². The van der Waals surface area contributed by atoms with Crippen molar-refractivity contribution in [3.63, 3.8) is 0 Å². The highest BCUT2D eigenvalue weighted by atomic mass is 32.2. The Bertz CT molecular complexity index is 2680. The minimum absolute atomic E-state index is 0.0403. The van der Waals surface area contributed by atoms with E-state index in [1.807, 2.05) is 23.6 Å². The number of anilines is 2. The van der Waals surface area contributed by atoms with Gasteiger partial charge in [-0.1, -0.05) is 54.1 Å². The molecule has 0 radical (unpaired) electrons. The summed E-state index contributed by atoms with van der Waals surface area (Å²) < 4.78 is 108. The molecule has 5 rings (SSSR count). The van der Waals surface area contributed by atoms with Gasteiger partial charge in [0.25, 0.3) is 30.3 Å². The number of aromatic hydroxyl groups is 1. The van der Waals surface area contributed by atoms with Gasteiger partial charge < -0.3 is 24.4 Å². The van der Waals surface area contributed by atoms with E-state index in [0.29, 0.717) is 35.6 Å². The molecule has 0 aliphatic heterocycles. The number of carbonyl (C=O) groups excluding carboxylic acids is 1. The zero-order chi connectivity index (χ0) is 44.7. The van der Waals surface area contributed by atoms with Crippen molar-refractivity contribution in [2.75, 3.05) is 61.7 Å². The number of phenolic OH excluding ortho intramolecular Hbond substituents is 1. The van der Waals surface area contributed by atoms with Gasteiger partial charge in [0.15, 0.2) is 11.5 Å². The first-order chi connectivity index (χ1) is 28.8. The van der Waals surface area contributed by atoms with Gasteiger partial charge in [-0.05, 0) is 70.0 Å². The molecule has 1 aromatic heterocycles. The van der Waals surface area contributed by atoms with Gasteiger partial charge in [-0.25, -0.2) is 27.5 Å². The highest BCUT2D eigenvalue weighted by Crippen LogP contribution is 2.46. The molecule has 0 aliphatic carbocycles. The number of hydrogen-bond acceptors (Lipinski definition) is 13. The van der Waals surface area contributed by atoms with Crippen LogP contribution in [0, 0.1) is 6.92 Å². The SMILES string of the molecule is CCN(CCCS(=O)(=O)O)c1ccccc1-c1nc(-c2cc(OC)c(O)c(OC)c2)n(C(=O)NS(=O)(=O)c2ccc(C)cc2)c1-c1ccccc1N(CC)CCCS(=O)(=O)O. The van der Waals surface area contributed by atoms with Crippen molar-refractivity contribution in [3.05, 3.63) is 90.5 Å². The second kappa shape index (κ2) is 19.4. The number of nitrogens with one attached hydrogen (secondary N) is 1. The van der Waals surface area contributed by atoms with E-state index in [4.69, 9.17) is 14.5 Å². The Hall–Kier alpha value is -5.67. The zero-order valence-electron chi connectivity index (χ0n) is 34.3. The van der Waals surface area contributed by atoms with E-state index in [1.54, 1.807) is 67.6 Å². The summed E-state index contributed by atoms with van der Waals surface area (Å²) in [5, 5.41) is 10.9. The molecule has 0 spiro atoms. The lowest BCUT2D eigenvalue weighted by Crippen LogP contribution is -2.35. The maximum atomic E-state index is 15.0. The third-order valence-corrected chi connectivity index (χ3v) is 12.7. The van der Waals surface area contributed by atoms with Gasteiger partial charge in [0.05, 0.1) is 42.0 Å². The molecule has 0 unspecified atom stereocenters. The lowest BCUT2D eigenvalue weighted by molar-refractivity contribution is 0.248. The molecule has 0 bridgehead atoms. The smallest absolute Gasteiger partial charge is 0.341 e. The number of ether oxygens (including phenoxy) is 2. The predicted octanol–water partition coefficient (Wildman–Crippen LogP) is 6.07. The van der Waals surface area contributed by atoms with Crippen LogP contribution in [0.4, 0.5) is 16.2 Å². The standard InChI is InChI=1S/C41H49N5O12S3/c1-6-44(22-12-24-59(49,50)51)33-16-10-8-14-31(33)37-38(32-15-9-11-17-34(32)45(7-2)23-13-25-60(52,53)54)46(41(48)43-61(55,56)30-20-18-28(3)19-21-30)40(42-37)29-26-35(57-4)39(47)36(27-29)58-5/h8-11,14-21,26-27,47H,6-7,12-13,22-25H2,1-5H3,(H,43,48)(H,49,50,51)(H,52,53,54). The molecule has 17 nitrogen and oxygen atoms in total. The van der Waals surface area contributed by atoms with Gasteiger partial charge in [0.1, 0.15) is 5.82 Å². The summed E-state index contributed by atoms with van der Waals surface area (Å²) >= 11 is 0. The Labute approximate surface area is 356 Å². The molecule has 0 atom stereocenters. The monoisotopic (exact) mass is 899 g/mol. The molecule has 1 amide bonds. The summed E-state index contributed by atoms with van der Waals surface area (Å²) in [7, 11) is -10.4. The van der Waals surface area contributed by atoms with E-state index in [0.717, 1.165) is 10.1 Å². The second-order valence-electron chi connectivity index (χ2n) is 13.9. The van der Waals surface area contributed by atoms with E-state index in [1.165, 1.54) is 38.5 Å². The van der Waals surface area contributed by atoms with Crippen molar-refractivity contribution in [1.29, 1.82) is 0 Å². The van der Waals surface area contributed by atoms with Crippen molar-refractivity contribution in [2.45, 2.75) is 38.5 Å². The minimum Gasteiger partial charge on any atom is -0.502 e. The van der Waals surface area contributed by atoms with Gasteiger partial charge >= 0.3 is 6.03 Å². The number of amides is 1. The van der Waals surface area contributed by atoms with Gasteiger partial charge in [0, 0.05) is 54.2 Å². The molecule has 0 saturated heterocycles. The quantitative estimate of drug-likeness (QED) is 0.0689. The van der Waals surface area contributed by atoms with Crippen molar-refractivity contribution in [3.8, 4) is 51.2 Å². The maximum Gasteiger partial charge on any atom is 0.341 e. The number of aryl methyl sites for hydroxylation is 1. The number of nitrogens with zero attached hydrogens (tertiary/aromatic N) is 4. The summed E-state index contributed by atoms with van der Waals surface area (Å²) in [5.41, 5.74) is 3.11. The third-order valence-electron chi connectivity index (χ3n) is 9.80. The molecule has 0 fully saturated rings. The lowest BCUT2D eigenvalue weighted by Gasteiger charge is -2.27. The number of rotatable bonds is 19. The average Bonchev–Trinajstić information content (AvgIpc) is 3.61. The number of carbonyl (C=O) groups is 1. The highest BCUT2D eigenvalue weighted by Gasteiger charge is 2.32. The molecule has 20 heteroatoms. The first kappa shape index (κ1) is 46.4. The van der Waals surface area contributed by atoms with Crippen LogP contribution in [-0.4, -0.2) is 107 Å². The number of methoxy groups -OCH3 is 2. The number of phenols is 1. The van der Waals surface area contributed by atoms with Crippen LogP contribution >= 0.6 is 0 Å². The Morgan fingerprint density at radius 1 is 0.738 bits per heavy atom. The van der Waals surface area contributed by atoms with E-state index in [-0.39, 0.29) is 70.9 Å². The predicted molar refractivity (Wildman–Crippen MR) is 233 cm³/mol. The topological polar surface area (TPSA) is 235 Å². The van der Waals surface area contributed by atoms with Crippen molar-refractivity contribution < 1.29 is 53.7 Å². The molecule has 4 N–H and O–H groups in total. The summed E-state index contributed by atoms with van der Waals surface area (Å²) in [6.07, 6.45) is 0.108. The Balaban J connectivity index is 1.89. The van der Waals surface area contributed by atoms with Crippen LogP contribution < -0.4 is 24.0 Å². The maximum absolute atomic E-state index is 15.0. The highest BCUT2D eigenvalue weighted by molar-refractivity contribution is 7.90. The molecule has 5 aromatic rings. The molecule has 0 aliphatic rings. The lowest BCUT2D eigenvalue weighted by atomic mass is 10.0. The third kappa shape index (κ3) is 11.2. The van der Waals surface area contributed by atoms with E-state index < -0.39 is 47.8 Å². The molecule has 4 aromatic carbocycles. The summed E-state index contributed by atoms with van der Waals surface area (Å²) in [6.45, 7) is 6.53. The Morgan fingerprint density at radius 2 is 1.21 bits per heavy atom. The number of sulfonamides is 1. The van der Waals surface area contributed by atoms with Crippen LogP contribution in [0.5, 0.6) is 17.2 Å². The Morgan fingerprint density at radius 3 is 1.69 bits per heavy atom. The second-order valence-corrected chi connectivity index (χ2v) is 18.7. The van der Waals surface area contributed by atoms with Gasteiger partial charge in [-0.3, -0.25) is 9.11 Å². The van der Waals surface area contributed by atoms with Gasteiger partial charge in [-0.15, -0.1) is 0 Å². The van der Waals surface area contributed by atoms with E-state index >= 15 is 0 Å². The fourth-order valence-electron chi connectivity index (χ4n) is 6.88. The van der Waals surface area contributed by atoms with Crippen LogP contribution in [0.25, 0.3) is 33.9 Å². The number of benzene rings is 4. The first-order valence-corrected chi connectivity index (χ1v) is 23.8. The van der Waals surface area contributed by atoms with Crippen LogP contribution in [0.1, 0.15) is 32.3 Å². The van der Waals surface area contributed by atoms with Crippen molar-refractivity contribution in [1.82, 2.24) is 14.3 Å². The largest absolute Gasteiger partial charge is 0.502 e. The van der Waals surface area contributed by atoms with Gasteiger partial charge in [0.2, 0.25) is 5.75 Å². The molecule has 328 valence electrons. The van der Waals surface area contributed by atoms with E-state index in [9.17, 15) is 44.3 Å². The van der Waals surface area contributed by atoms with Crippen LogP contribution in [-0.2, 0) is 30.3 Å². The number of hydrogen-bond donors (Lipinski definition) is 4. The van der Waals surface area contributed by atoms with Crippen molar-refractivity contribution >= 4 is 47.7 Å². The van der Waals surface area contributed by atoms with Crippen LogP contribution in [0.3, 0.4) is 0 Å². The molecular weight excluding hydrogens is 851 g/mol. The number of imidazole rings is 1. The average molecular weight is 900 g/mol. The van der Waals surface area contributed by atoms with E-state index in [2.05, 4.69) is 4.72 Å². The fourth-order valence-corrected chi connectivity index (χ4v) is 8.80. The molecular formula is C41H49N5O12S3. The normalized spacial score (nSPS) is 11.9. The Kier molecular flexibility index (Phi) is 14.7. The van der Waals surface area contributed by atoms with Crippen LogP contribution in [0.15, 0.2) is 89.8 Å². The molecule has 1 heterocycles. The fraction of sp³-hybridized carbons (Fsp3) is 0.317. The summed E-state index contributed by atoms with van der Waals surface area (Å²) in [4.78, 5) is 23.6. The number of aromatic nitrogens is 2. The van der Waals surface area contributed by atoms with Gasteiger partial charge in [-0.2, -0.15) is 16.8 Å². The molecule has 0 saturated carbocycles. The molecule has 61 heavy (non-hydrogen) atoms. The summed E-state index contributed by atoms with van der Waals surface area (Å²) in [5.74, 6) is -1.55. The minimum atomic E-state index is -4.52.